The van der Waals surface area contributed by atoms with Crippen molar-refractivity contribution in [2.75, 3.05) is 27.3 Å². The van der Waals surface area contributed by atoms with Crippen LogP contribution in [0.2, 0.25) is 0 Å². The molecule has 2 aliphatic heterocycles. The van der Waals surface area contributed by atoms with Gasteiger partial charge in [0.05, 0.1) is 19.6 Å². The second kappa shape index (κ2) is 5.81. The molecule has 7 rings (SSSR count). The predicted octanol–water partition coefficient (Wildman–Crippen LogP) is 2.73. The fourth-order valence-corrected chi connectivity index (χ4v) is 8.48. The van der Waals surface area contributed by atoms with Gasteiger partial charge in [-0.05, 0) is 50.7 Å². The average Bonchev–Trinajstić information content (AvgIpc) is 3.12. The quantitative estimate of drug-likeness (QED) is 0.719. The van der Waals surface area contributed by atoms with E-state index in [1.165, 1.54) is 11.1 Å². The van der Waals surface area contributed by atoms with Gasteiger partial charge in [-0.15, -0.1) is 6.42 Å². The molecule has 30 heavy (non-hydrogen) atoms. The van der Waals surface area contributed by atoms with Gasteiger partial charge >= 0.3 is 0 Å². The molecule has 1 aromatic rings. The molecule has 3 saturated carbocycles. The number of nitrogens with zero attached hydrogens (tertiary/aromatic N) is 1. The first-order chi connectivity index (χ1) is 14.5. The number of carbonyl (C=O) groups excluding carboxylic acids is 1. The van der Waals surface area contributed by atoms with Crippen molar-refractivity contribution in [3.63, 3.8) is 0 Å². The van der Waals surface area contributed by atoms with Gasteiger partial charge < -0.3 is 14.2 Å². The molecule has 0 unspecified atom stereocenters. The number of Topliss-reactive ketones (excluding diaryl/α,β-unsaturated/α-hetero) is 1. The molecule has 0 amide bonds. The Labute approximate surface area is 178 Å². The molecule has 6 aliphatic rings. The number of carbonyl (C=O) groups is 1. The third-order valence-corrected chi connectivity index (χ3v) is 9.46. The van der Waals surface area contributed by atoms with Gasteiger partial charge in [-0.25, -0.2) is 0 Å². The fraction of sp³-hybridized carbons (Fsp3) is 0.640. The van der Waals surface area contributed by atoms with Crippen LogP contribution >= 0.6 is 0 Å². The molecular weight excluding hydrogens is 378 g/mol. The normalized spacial score (nSPS) is 42.3. The standard InChI is InChI=1S/C25H29NO4/c1-5-11-26-12-10-24-20-16-6-7-18(28-3)21(20)30-22(24)25(29-4)9-8-23(24,19(26)13-16)14-17(25)15(2)27/h1,6-7,17,19,22H,8-14H2,2-4H3/t17-,19+,22+,23+,24-,25+/m0/s1. The third-order valence-electron chi connectivity index (χ3n) is 9.46. The maximum absolute atomic E-state index is 12.9. The number of piperidine rings is 1. The number of hydrogen-bond acceptors (Lipinski definition) is 5. The first-order valence-electron chi connectivity index (χ1n) is 11.1. The van der Waals surface area contributed by atoms with E-state index in [1.807, 2.05) is 6.07 Å². The van der Waals surface area contributed by atoms with E-state index in [1.54, 1.807) is 21.1 Å². The zero-order valence-corrected chi connectivity index (χ0v) is 18.0. The lowest BCUT2D eigenvalue weighted by Gasteiger charge is -2.73. The summed E-state index contributed by atoms with van der Waals surface area (Å²) < 4.78 is 18.9. The van der Waals surface area contributed by atoms with Crippen molar-refractivity contribution in [3.8, 4) is 23.8 Å². The van der Waals surface area contributed by atoms with E-state index >= 15 is 0 Å². The van der Waals surface area contributed by atoms with Crippen molar-refractivity contribution < 1.29 is 19.0 Å². The number of ketones is 1. The molecule has 0 aromatic heterocycles. The highest BCUT2D eigenvalue weighted by Gasteiger charge is 2.81. The van der Waals surface area contributed by atoms with Crippen molar-refractivity contribution in [1.82, 2.24) is 4.90 Å². The number of terminal acetylenes is 1. The second-order valence-corrected chi connectivity index (χ2v) is 9.93. The van der Waals surface area contributed by atoms with Crippen molar-refractivity contribution in [1.29, 1.82) is 0 Å². The van der Waals surface area contributed by atoms with E-state index in [9.17, 15) is 4.79 Å². The summed E-state index contributed by atoms with van der Waals surface area (Å²) in [5.74, 6) is 4.64. The van der Waals surface area contributed by atoms with Crippen LogP contribution in [0.1, 0.15) is 43.7 Å². The Kier molecular flexibility index (Phi) is 3.62. The Balaban J connectivity index is 1.66. The molecule has 1 aromatic carbocycles. The molecule has 4 fully saturated rings. The Hall–Kier alpha value is -2.03. The van der Waals surface area contributed by atoms with Gasteiger partial charge in [-0.2, -0.15) is 0 Å². The summed E-state index contributed by atoms with van der Waals surface area (Å²) in [6.07, 6.45) is 10.3. The number of ether oxygens (including phenoxy) is 3. The molecule has 158 valence electrons. The minimum atomic E-state index is -0.578. The number of benzene rings is 1. The summed E-state index contributed by atoms with van der Waals surface area (Å²) in [6, 6.07) is 4.58. The first kappa shape index (κ1) is 18.7. The van der Waals surface area contributed by atoms with Crippen LogP contribution in [0, 0.1) is 23.7 Å². The smallest absolute Gasteiger partial charge is 0.165 e. The van der Waals surface area contributed by atoms with Gasteiger partial charge in [0, 0.05) is 36.1 Å². The number of methoxy groups -OCH3 is 2. The maximum atomic E-state index is 12.9. The van der Waals surface area contributed by atoms with E-state index in [4.69, 9.17) is 20.6 Å². The molecule has 6 atom stereocenters. The van der Waals surface area contributed by atoms with Gasteiger partial charge in [0.1, 0.15) is 17.5 Å². The molecule has 2 spiro atoms. The van der Waals surface area contributed by atoms with Gasteiger partial charge in [0.15, 0.2) is 11.5 Å². The van der Waals surface area contributed by atoms with Crippen molar-refractivity contribution >= 4 is 5.78 Å². The summed E-state index contributed by atoms with van der Waals surface area (Å²) in [6.45, 7) is 3.34. The van der Waals surface area contributed by atoms with E-state index in [0.717, 1.165) is 50.1 Å². The molecule has 5 heteroatoms. The molecule has 5 nitrogen and oxygen atoms in total. The Morgan fingerprint density at radius 1 is 1.33 bits per heavy atom. The SMILES string of the molecule is C#CCN1CC[C@]23c4c5ccc(OC)c4O[C@H]2[C@@]2(OC)CC[C@@]3(C[C@H]2C(C)=O)[C@H]1C5. The van der Waals surface area contributed by atoms with Gasteiger partial charge in [0.25, 0.3) is 0 Å². The Bertz CT molecular complexity index is 998. The predicted molar refractivity (Wildman–Crippen MR) is 112 cm³/mol. The Morgan fingerprint density at radius 2 is 2.17 bits per heavy atom. The molecule has 4 bridgehead atoms. The van der Waals surface area contributed by atoms with Crippen LogP contribution in [0.15, 0.2) is 12.1 Å². The lowest BCUT2D eigenvalue weighted by Crippen LogP contribution is -2.81. The lowest BCUT2D eigenvalue weighted by atomic mass is 9.34. The van der Waals surface area contributed by atoms with Crippen molar-refractivity contribution in [2.24, 2.45) is 11.3 Å². The summed E-state index contributed by atoms with van der Waals surface area (Å²) in [5.41, 5.74) is 1.95. The molecule has 1 saturated heterocycles. The largest absolute Gasteiger partial charge is 0.493 e. The fourth-order valence-electron chi connectivity index (χ4n) is 8.48. The average molecular weight is 408 g/mol. The summed E-state index contributed by atoms with van der Waals surface area (Å²) in [4.78, 5) is 15.4. The van der Waals surface area contributed by atoms with Gasteiger partial charge in [0.2, 0.25) is 0 Å². The highest BCUT2D eigenvalue weighted by atomic mass is 16.6. The topological polar surface area (TPSA) is 48.0 Å². The van der Waals surface area contributed by atoms with Gasteiger partial charge in [-0.3, -0.25) is 9.69 Å². The minimum Gasteiger partial charge on any atom is -0.493 e. The number of fused-ring (bicyclic) bond motifs is 2. The van der Waals surface area contributed by atoms with Crippen LogP contribution in [-0.2, 0) is 21.4 Å². The van der Waals surface area contributed by atoms with E-state index < -0.39 is 5.60 Å². The third kappa shape index (κ3) is 1.76. The molecule has 0 radical (unpaired) electrons. The number of likely N-dealkylation sites (tertiary alicyclic amines) is 1. The van der Waals surface area contributed by atoms with E-state index in [2.05, 4.69) is 16.9 Å². The van der Waals surface area contributed by atoms with Crippen molar-refractivity contribution in [2.45, 2.75) is 62.2 Å². The van der Waals surface area contributed by atoms with Crippen molar-refractivity contribution in [3.05, 3.63) is 23.3 Å². The first-order valence-corrected chi connectivity index (χ1v) is 11.1. The molecule has 4 aliphatic carbocycles. The van der Waals surface area contributed by atoms with Crippen LogP contribution in [0.3, 0.4) is 0 Å². The van der Waals surface area contributed by atoms with E-state index in [-0.39, 0.29) is 28.6 Å². The zero-order valence-electron chi connectivity index (χ0n) is 18.0. The highest BCUT2D eigenvalue weighted by molar-refractivity contribution is 5.81. The monoisotopic (exact) mass is 407 g/mol. The highest BCUT2D eigenvalue weighted by Crippen LogP contribution is 2.76. The number of rotatable bonds is 4. The molecule has 2 heterocycles. The maximum Gasteiger partial charge on any atom is 0.165 e. The number of hydrogen-bond donors (Lipinski definition) is 0. The van der Waals surface area contributed by atoms with Crippen LogP contribution in [0.4, 0.5) is 0 Å². The summed E-state index contributed by atoms with van der Waals surface area (Å²) in [7, 11) is 3.47. The zero-order chi connectivity index (χ0) is 20.9. The van der Waals surface area contributed by atoms with Crippen LogP contribution in [0.5, 0.6) is 11.5 Å². The lowest BCUT2D eigenvalue weighted by molar-refractivity contribution is -0.270. The van der Waals surface area contributed by atoms with Gasteiger partial charge in [-0.1, -0.05) is 12.0 Å². The molecule has 0 N–H and O–H groups in total. The Morgan fingerprint density at radius 3 is 2.87 bits per heavy atom. The minimum absolute atomic E-state index is 0.0198. The summed E-state index contributed by atoms with van der Waals surface area (Å²) in [5, 5.41) is 0. The summed E-state index contributed by atoms with van der Waals surface area (Å²) >= 11 is 0. The van der Waals surface area contributed by atoms with E-state index in [0.29, 0.717) is 12.6 Å². The second-order valence-electron chi connectivity index (χ2n) is 9.93. The van der Waals surface area contributed by atoms with Crippen LogP contribution in [0.25, 0.3) is 0 Å². The van der Waals surface area contributed by atoms with Crippen LogP contribution in [-0.4, -0.2) is 55.7 Å². The molecular formula is C25H29NO4. The van der Waals surface area contributed by atoms with Crippen LogP contribution < -0.4 is 9.47 Å².